The normalized spacial score (nSPS) is 11.7. The van der Waals surface area contributed by atoms with E-state index in [1.807, 2.05) is 20.8 Å². The van der Waals surface area contributed by atoms with Crippen LogP contribution in [0, 0.1) is 11.7 Å². The molecule has 0 aliphatic carbocycles. The Morgan fingerprint density at radius 3 is 2.43 bits per heavy atom. The van der Waals surface area contributed by atoms with E-state index < -0.39 is 29.6 Å². The zero-order chi connectivity index (χ0) is 27.1. The minimum absolute atomic E-state index is 0.0935. The van der Waals surface area contributed by atoms with E-state index >= 15 is 0 Å². The third-order valence-electron chi connectivity index (χ3n) is 5.50. The second kappa shape index (κ2) is 12.3. The molecular weight excluding hydrogens is 497 g/mol. The number of hydrogen-bond acceptors (Lipinski definition) is 7. The summed E-state index contributed by atoms with van der Waals surface area (Å²) in [5.41, 5.74) is 11.5. The van der Waals surface area contributed by atoms with Crippen LogP contribution in [0.25, 0.3) is 0 Å². The van der Waals surface area contributed by atoms with Gasteiger partial charge in [0.15, 0.2) is 5.69 Å². The van der Waals surface area contributed by atoms with E-state index in [4.69, 9.17) is 16.2 Å². The number of benzene rings is 2. The van der Waals surface area contributed by atoms with Gasteiger partial charge in [0.1, 0.15) is 22.5 Å². The second-order valence-electron chi connectivity index (χ2n) is 8.67. The van der Waals surface area contributed by atoms with E-state index in [2.05, 4.69) is 9.69 Å². The Balaban J connectivity index is 2.15. The number of nitrogen functional groups attached to an aromatic ring is 1. The zero-order valence-electron chi connectivity index (χ0n) is 20.9. The van der Waals surface area contributed by atoms with Crippen molar-refractivity contribution in [2.75, 3.05) is 23.8 Å². The highest BCUT2D eigenvalue weighted by Crippen LogP contribution is 2.34. The number of nitrogens with one attached hydrogen (secondary N) is 1. The van der Waals surface area contributed by atoms with Crippen molar-refractivity contribution in [3.8, 4) is 5.75 Å². The SMILES string of the molecule is CCOc1ccc([C@H](C(=O)NCCC(C)C)N(C(=O)c2snc(C(N)=O)c2N)c2cccc(F)c2)cc1. The average molecular weight is 528 g/mol. The van der Waals surface area contributed by atoms with Crippen LogP contribution < -0.4 is 26.4 Å². The molecule has 3 aromatic rings. The number of rotatable bonds is 11. The lowest BCUT2D eigenvalue weighted by atomic mass is 10.0. The fourth-order valence-corrected chi connectivity index (χ4v) is 4.40. The molecule has 37 heavy (non-hydrogen) atoms. The second-order valence-corrected chi connectivity index (χ2v) is 9.44. The molecular formula is C26H30FN5O4S. The summed E-state index contributed by atoms with van der Waals surface area (Å²) < 4.78 is 23.8. The van der Waals surface area contributed by atoms with Crippen LogP contribution in [0.5, 0.6) is 5.75 Å². The molecule has 0 saturated heterocycles. The molecule has 0 aliphatic heterocycles. The van der Waals surface area contributed by atoms with Gasteiger partial charge in [-0.15, -0.1) is 0 Å². The molecule has 9 nitrogen and oxygen atoms in total. The average Bonchev–Trinajstić information content (AvgIpc) is 3.24. The number of nitrogens with two attached hydrogens (primary N) is 2. The van der Waals surface area contributed by atoms with Crippen molar-refractivity contribution in [3.05, 3.63) is 70.5 Å². The molecule has 196 valence electrons. The summed E-state index contributed by atoms with van der Waals surface area (Å²) in [6, 6.07) is 10.8. The minimum atomic E-state index is -1.20. The maximum atomic E-state index is 14.3. The lowest BCUT2D eigenvalue weighted by Gasteiger charge is -2.31. The van der Waals surface area contributed by atoms with Crippen molar-refractivity contribution in [1.82, 2.24) is 9.69 Å². The Labute approximate surface area is 218 Å². The molecule has 0 radical (unpaired) electrons. The first-order chi connectivity index (χ1) is 17.6. The molecule has 1 aromatic heterocycles. The third-order valence-corrected chi connectivity index (χ3v) is 6.35. The topological polar surface area (TPSA) is 141 Å². The van der Waals surface area contributed by atoms with E-state index in [9.17, 15) is 18.8 Å². The molecule has 0 fully saturated rings. The van der Waals surface area contributed by atoms with Gasteiger partial charge in [0, 0.05) is 12.2 Å². The van der Waals surface area contributed by atoms with Gasteiger partial charge in [-0.2, -0.15) is 4.37 Å². The summed E-state index contributed by atoms with van der Waals surface area (Å²) in [6.45, 7) is 6.75. The molecule has 3 amide bonds. The van der Waals surface area contributed by atoms with Gasteiger partial charge in [0.2, 0.25) is 5.91 Å². The Kier molecular flexibility index (Phi) is 9.18. The molecule has 11 heteroatoms. The Bertz CT molecular complexity index is 1260. The molecule has 1 heterocycles. The van der Waals surface area contributed by atoms with Crippen molar-refractivity contribution in [2.45, 2.75) is 33.2 Å². The summed E-state index contributed by atoms with van der Waals surface area (Å²) in [5.74, 6) is -1.76. The molecule has 2 aromatic carbocycles. The van der Waals surface area contributed by atoms with Crippen molar-refractivity contribution in [2.24, 2.45) is 11.7 Å². The van der Waals surface area contributed by atoms with Gasteiger partial charge in [-0.3, -0.25) is 19.3 Å². The monoisotopic (exact) mass is 527 g/mol. The summed E-state index contributed by atoms with van der Waals surface area (Å²) in [4.78, 5) is 40.3. The van der Waals surface area contributed by atoms with Crippen LogP contribution in [-0.4, -0.2) is 35.2 Å². The molecule has 0 saturated carbocycles. The number of carbonyl (C=O) groups is 3. The van der Waals surface area contributed by atoms with Crippen molar-refractivity contribution < 1.29 is 23.5 Å². The quantitative estimate of drug-likeness (QED) is 0.345. The molecule has 1 atom stereocenters. The highest BCUT2D eigenvalue weighted by atomic mass is 32.1. The lowest BCUT2D eigenvalue weighted by molar-refractivity contribution is -0.122. The number of hydrogen-bond donors (Lipinski definition) is 3. The number of amides is 3. The van der Waals surface area contributed by atoms with Crippen LogP contribution in [0.4, 0.5) is 15.8 Å². The number of halogens is 1. The van der Waals surface area contributed by atoms with Gasteiger partial charge >= 0.3 is 0 Å². The molecule has 0 bridgehead atoms. The molecule has 0 aliphatic rings. The smallest absolute Gasteiger partial charge is 0.273 e. The zero-order valence-corrected chi connectivity index (χ0v) is 21.7. The number of ether oxygens (including phenoxy) is 1. The van der Waals surface area contributed by atoms with Crippen LogP contribution in [0.15, 0.2) is 48.5 Å². The van der Waals surface area contributed by atoms with Crippen molar-refractivity contribution >= 4 is 40.6 Å². The number of anilines is 2. The summed E-state index contributed by atoms with van der Waals surface area (Å²) in [6.07, 6.45) is 0.722. The van der Waals surface area contributed by atoms with Gasteiger partial charge < -0.3 is 21.5 Å². The van der Waals surface area contributed by atoms with Crippen LogP contribution >= 0.6 is 11.5 Å². The van der Waals surface area contributed by atoms with Crippen LogP contribution in [-0.2, 0) is 4.79 Å². The van der Waals surface area contributed by atoms with E-state index in [1.54, 1.807) is 24.3 Å². The highest BCUT2D eigenvalue weighted by Gasteiger charge is 2.36. The van der Waals surface area contributed by atoms with Gasteiger partial charge in [-0.1, -0.05) is 32.0 Å². The molecule has 3 rings (SSSR count). The van der Waals surface area contributed by atoms with Crippen LogP contribution in [0.3, 0.4) is 0 Å². The van der Waals surface area contributed by atoms with Gasteiger partial charge in [-0.25, -0.2) is 4.39 Å². The largest absolute Gasteiger partial charge is 0.494 e. The number of nitrogens with zero attached hydrogens (tertiary/aromatic N) is 2. The number of primary amides is 1. The summed E-state index contributed by atoms with van der Waals surface area (Å²) in [7, 11) is 0. The van der Waals surface area contributed by atoms with Gasteiger partial charge in [0.25, 0.3) is 11.8 Å². The fraction of sp³-hybridized carbons (Fsp3) is 0.308. The number of carbonyl (C=O) groups excluding carboxylic acids is 3. The molecule has 0 spiro atoms. The first-order valence-electron chi connectivity index (χ1n) is 11.8. The minimum Gasteiger partial charge on any atom is -0.494 e. The maximum absolute atomic E-state index is 14.3. The highest BCUT2D eigenvalue weighted by molar-refractivity contribution is 7.09. The first kappa shape index (κ1) is 27.6. The maximum Gasteiger partial charge on any atom is 0.273 e. The first-order valence-corrected chi connectivity index (χ1v) is 12.6. The van der Waals surface area contributed by atoms with Gasteiger partial charge in [0.05, 0.1) is 12.3 Å². The summed E-state index contributed by atoms with van der Waals surface area (Å²) >= 11 is 0.682. The number of aromatic nitrogens is 1. The Hall–Kier alpha value is -3.99. The Morgan fingerprint density at radius 1 is 1.16 bits per heavy atom. The summed E-state index contributed by atoms with van der Waals surface area (Å²) in [5, 5.41) is 2.89. The van der Waals surface area contributed by atoms with E-state index in [1.165, 1.54) is 18.2 Å². The standard InChI is InChI=1S/C26H30FN5O4S/c1-4-36-19-10-8-16(9-11-19)22(25(34)30-13-12-15(2)3)32(18-7-5-6-17(27)14-18)26(35)23-20(28)21(24(29)33)31-37-23/h5-11,14-15,22H,4,12-13,28H2,1-3H3,(H2,29,33)(H,30,34)/t22-/m1/s1. The predicted molar refractivity (Wildman–Crippen MR) is 141 cm³/mol. The van der Waals surface area contributed by atoms with Crippen molar-refractivity contribution in [1.29, 1.82) is 0 Å². The molecule has 5 N–H and O–H groups in total. The molecule has 0 unspecified atom stereocenters. The van der Waals surface area contributed by atoms with Crippen LogP contribution in [0.2, 0.25) is 0 Å². The Morgan fingerprint density at radius 2 is 1.86 bits per heavy atom. The lowest BCUT2D eigenvalue weighted by Crippen LogP contribution is -2.44. The van der Waals surface area contributed by atoms with E-state index in [-0.39, 0.29) is 21.9 Å². The van der Waals surface area contributed by atoms with Crippen molar-refractivity contribution in [3.63, 3.8) is 0 Å². The van der Waals surface area contributed by atoms with E-state index in [0.717, 1.165) is 17.4 Å². The predicted octanol–water partition coefficient (Wildman–Crippen LogP) is 3.91. The third kappa shape index (κ3) is 6.62. The van der Waals surface area contributed by atoms with E-state index in [0.29, 0.717) is 41.9 Å². The van der Waals surface area contributed by atoms with Gasteiger partial charge in [-0.05, 0) is 66.7 Å². The van der Waals surface area contributed by atoms with Crippen LogP contribution in [0.1, 0.15) is 59.0 Å². The fourth-order valence-electron chi connectivity index (χ4n) is 3.66.